The van der Waals surface area contributed by atoms with Crippen LogP contribution in [0.2, 0.25) is 0 Å². The van der Waals surface area contributed by atoms with Gasteiger partial charge in [-0.2, -0.15) is 0 Å². The molecule has 1 aromatic carbocycles. The van der Waals surface area contributed by atoms with Gasteiger partial charge in [-0.1, -0.05) is 0 Å². The second kappa shape index (κ2) is 3.98. The van der Waals surface area contributed by atoms with E-state index in [0.717, 1.165) is 6.07 Å². The maximum Gasteiger partial charge on any atom is 0.182 e. The van der Waals surface area contributed by atoms with Crippen LogP contribution >= 0.6 is 0 Å². The molecule has 3 nitrogen and oxygen atoms in total. The van der Waals surface area contributed by atoms with Crippen LogP contribution in [0.3, 0.4) is 0 Å². The minimum atomic E-state index is -0.999. The van der Waals surface area contributed by atoms with E-state index in [1.54, 1.807) is 13.8 Å². The zero-order valence-corrected chi connectivity index (χ0v) is 9.00. The van der Waals surface area contributed by atoms with Crippen molar-refractivity contribution in [2.75, 3.05) is 7.11 Å². The summed E-state index contributed by atoms with van der Waals surface area (Å²) in [5.41, 5.74) is 4.88. The molecule has 0 radical (unpaired) electrons. The molecular formula is C11H14FNO2. The van der Waals surface area contributed by atoms with Crippen LogP contribution in [0.25, 0.3) is 0 Å². The van der Waals surface area contributed by atoms with Gasteiger partial charge in [-0.15, -0.1) is 0 Å². The number of hydrogen-bond acceptors (Lipinski definition) is 3. The average molecular weight is 211 g/mol. The number of rotatable bonds is 3. The van der Waals surface area contributed by atoms with E-state index in [0.29, 0.717) is 0 Å². The van der Waals surface area contributed by atoms with Crippen LogP contribution in [0, 0.1) is 5.82 Å². The fraction of sp³-hybridized carbons (Fsp3) is 0.364. The first kappa shape index (κ1) is 11.7. The lowest BCUT2D eigenvalue weighted by Gasteiger charge is -2.16. The van der Waals surface area contributed by atoms with Crippen molar-refractivity contribution in [3.8, 4) is 5.75 Å². The lowest BCUT2D eigenvalue weighted by atomic mass is 9.94. The molecule has 0 amide bonds. The minimum Gasteiger partial charge on any atom is -0.494 e. The maximum atomic E-state index is 13.3. The topological polar surface area (TPSA) is 52.3 Å². The Kier molecular flexibility index (Phi) is 3.09. The number of halogens is 1. The van der Waals surface area contributed by atoms with Crippen molar-refractivity contribution in [2.24, 2.45) is 5.73 Å². The van der Waals surface area contributed by atoms with Gasteiger partial charge in [0.2, 0.25) is 0 Å². The minimum absolute atomic E-state index is 0.112. The summed E-state index contributed by atoms with van der Waals surface area (Å²) in [6.07, 6.45) is 0. The summed E-state index contributed by atoms with van der Waals surface area (Å²) in [4.78, 5) is 11.7. The van der Waals surface area contributed by atoms with Gasteiger partial charge in [-0.3, -0.25) is 4.79 Å². The van der Waals surface area contributed by atoms with E-state index in [2.05, 4.69) is 0 Å². The largest absolute Gasteiger partial charge is 0.494 e. The van der Waals surface area contributed by atoms with E-state index in [1.165, 1.54) is 19.2 Å². The Bertz CT molecular complexity index is 383. The first-order chi connectivity index (χ1) is 6.86. The number of carbonyl (C=O) groups excluding carboxylic acids is 1. The Morgan fingerprint density at radius 3 is 2.47 bits per heavy atom. The molecule has 0 aliphatic carbocycles. The third kappa shape index (κ3) is 2.53. The zero-order valence-electron chi connectivity index (χ0n) is 9.00. The van der Waals surface area contributed by atoms with Gasteiger partial charge >= 0.3 is 0 Å². The van der Waals surface area contributed by atoms with Gasteiger partial charge in [-0.25, -0.2) is 4.39 Å². The predicted molar refractivity (Wildman–Crippen MR) is 55.5 cm³/mol. The summed E-state index contributed by atoms with van der Waals surface area (Å²) in [5.74, 6) is -0.752. The van der Waals surface area contributed by atoms with Crippen molar-refractivity contribution in [3.63, 3.8) is 0 Å². The van der Waals surface area contributed by atoms with E-state index in [9.17, 15) is 9.18 Å². The van der Waals surface area contributed by atoms with Gasteiger partial charge in [-0.05, 0) is 32.0 Å². The average Bonchev–Trinajstić information content (AvgIpc) is 2.15. The molecule has 0 spiro atoms. The van der Waals surface area contributed by atoms with E-state index >= 15 is 0 Å². The molecule has 0 aliphatic rings. The van der Waals surface area contributed by atoms with Crippen LogP contribution in [0.15, 0.2) is 18.2 Å². The van der Waals surface area contributed by atoms with Crippen LogP contribution in [0.1, 0.15) is 24.2 Å². The lowest BCUT2D eigenvalue weighted by molar-refractivity contribution is 0.0913. The Morgan fingerprint density at radius 1 is 1.47 bits per heavy atom. The number of hydrogen-bond donors (Lipinski definition) is 1. The molecule has 82 valence electrons. The molecule has 0 saturated carbocycles. The van der Waals surface area contributed by atoms with Gasteiger partial charge in [0, 0.05) is 5.56 Å². The number of carbonyl (C=O) groups is 1. The Morgan fingerprint density at radius 2 is 2.07 bits per heavy atom. The fourth-order valence-corrected chi connectivity index (χ4v) is 1.18. The summed E-state index contributed by atoms with van der Waals surface area (Å²) in [5, 5.41) is 0. The molecule has 0 fully saturated rings. The summed E-state index contributed by atoms with van der Waals surface area (Å²) in [7, 11) is 1.37. The number of ketones is 1. The van der Waals surface area contributed by atoms with Crippen LogP contribution in [-0.2, 0) is 0 Å². The van der Waals surface area contributed by atoms with Crippen molar-refractivity contribution in [1.82, 2.24) is 0 Å². The molecule has 4 heteroatoms. The van der Waals surface area contributed by atoms with E-state index < -0.39 is 11.4 Å². The van der Waals surface area contributed by atoms with Crippen LogP contribution < -0.4 is 10.5 Å². The van der Waals surface area contributed by atoms with Gasteiger partial charge in [0.15, 0.2) is 17.3 Å². The highest BCUT2D eigenvalue weighted by molar-refractivity contribution is 6.02. The van der Waals surface area contributed by atoms with Gasteiger partial charge < -0.3 is 10.5 Å². The van der Waals surface area contributed by atoms with E-state index in [-0.39, 0.29) is 17.1 Å². The van der Waals surface area contributed by atoms with Crippen molar-refractivity contribution in [2.45, 2.75) is 19.4 Å². The monoisotopic (exact) mass is 211 g/mol. The van der Waals surface area contributed by atoms with Gasteiger partial charge in [0.1, 0.15) is 0 Å². The molecule has 2 N–H and O–H groups in total. The number of methoxy groups -OCH3 is 1. The molecule has 1 aromatic rings. The first-order valence-corrected chi connectivity index (χ1v) is 4.53. The molecule has 0 atom stereocenters. The zero-order chi connectivity index (χ0) is 11.6. The normalized spacial score (nSPS) is 11.3. The summed E-state index contributed by atoms with van der Waals surface area (Å²) >= 11 is 0. The van der Waals surface area contributed by atoms with E-state index in [4.69, 9.17) is 10.5 Å². The molecule has 0 aromatic heterocycles. The standard InChI is InChI=1S/C11H14FNO2/c1-11(2,13)10(14)7-4-5-9(15-3)8(12)6-7/h4-6H,13H2,1-3H3. The Hall–Kier alpha value is -1.42. The third-order valence-corrected chi connectivity index (χ3v) is 2.00. The van der Waals surface area contributed by atoms with Crippen LogP contribution in [-0.4, -0.2) is 18.4 Å². The predicted octanol–water partition coefficient (Wildman–Crippen LogP) is 1.75. The number of Topliss-reactive ketones (excluding diaryl/α,β-unsaturated/α-hetero) is 1. The Balaban J connectivity index is 3.08. The van der Waals surface area contributed by atoms with Crippen molar-refractivity contribution in [1.29, 1.82) is 0 Å². The smallest absolute Gasteiger partial charge is 0.182 e. The van der Waals surface area contributed by atoms with Crippen LogP contribution in [0.4, 0.5) is 4.39 Å². The molecule has 0 bridgehead atoms. The molecule has 0 heterocycles. The summed E-state index contributed by atoms with van der Waals surface area (Å²) < 4.78 is 18.0. The van der Waals surface area contributed by atoms with Crippen LogP contribution in [0.5, 0.6) is 5.75 Å². The fourth-order valence-electron chi connectivity index (χ4n) is 1.18. The van der Waals surface area contributed by atoms with E-state index in [1.807, 2.05) is 0 Å². The molecular weight excluding hydrogens is 197 g/mol. The van der Waals surface area contributed by atoms with Gasteiger partial charge in [0.25, 0.3) is 0 Å². The second-order valence-corrected chi connectivity index (χ2v) is 3.90. The number of ether oxygens (including phenoxy) is 1. The molecule has 0 unspecified atom stereocenters. The highest BCUT2D eigenvalue weighted by Crippen LogP contribution is 2.19. The highest BCUT2D eigenvalue weighted by atomic mass is 19.1. The molecule has 0 saturated heterocycles. The van der Waals surface area contributed by atoms with Crippen molar-refractivity contribution < 1.29 is 13.9 Å². The van der Waals surface area contributed by atoms with Crippen molar-refractivity contribution >= 4 is 5.78 Å². The first-order valence-electron chi connectivity index (χ1n) is 4.53. The van der Waals surface area contributed by atoms with Crippen molar-refractivity contribution in [3.05, 3.63) is 29.6 Å². The number of nitrogens with two attached hydrogens (primary N) is 1. The number of benzene rings is 1. The van der Waals surface area contributed by atoms with Gasteiger partial charge in [0.05, 0.1) is 12.6 Å². The lowest BCUT2D eigenvalue weighted by Crippen LogP contribution is -2.41. The summed E-state index contributed by atoms with van der Waals surface area (Å²) in [6.45, 7) is 3.16. The highest BCUT2D eigenvalue weighted by Gasteiger charge is 2.24. The maximum absolute atomic E-state index is 13.3. The quantitative estimate of drug-likeness (QED) is 0.775. The molecule has 15 heavy (non-hydrogen) atoms. The summed E-state index contributed by atoms with van der Waals surface area (Å²) in [6, 6.07) is 4.04. The SMILES string of the molecule is COc1ccc(C(=O)C(C)(C)N)cc1F. The third-order valence-electron chi connectivity index (χ3n) is 2.00. The molecule has 0 aliphatic heterocycles. The Labute approximate surface area is 88.0 Å². The molecule has 1 rings (SSSR count). The second-order valence-electron chi connectivity index (χ2n) is 3.90.